The molecular formula is C14H15N3O2. The maximum atomic E-state index is 11.3. The van der Waals surface area contributed by atoms with E-state index in [-0.39, 0.29) is 11.3 Å². The van der Waals surface area contributed by atoms with E-state index in [1.807, 2.05) is 18.2 Å². The molecule has 1 aromatic carbocycles. The number of nitriles is 1. The van der Waals surface area contributed by atoms with Crippen LogP contribution >= 0.6 is 0 Å². The SMILES string of the molecule is N#CC1(CNCc2ccc3c(c2)CC(=O)N3)COC1. The van der Waals surface area contributed by atoms with Crippen LogP contribution in [0.2, 0.25) is 0 Å². The van der Waals surface area contributed by atoms with Gasteiger partial charge in [-0.3, -0.25) is 4.79 Å². The van der Waals surface area contributed by atoms with Crippen LogP contribution in [0.25, 0.3) is 0 Å². The van der Waals surface area contributed by atoms with Gasteiger partial charge in [-0.2, -0.15) is 5.26 Å². The van der Waals surface area contributed by atoms with Crippen LogP contribution < -0.4 is 10.6 Å². The van der Waals surface area contributed by atoms with E-state index >= 15 is 0 Å². The summed E-state index contributed by atoms with van der Waals surface area (Å²) in [5.74, 6) is 0.0511. The highest BCUT2D eigenvalue weighted by atomic mass is 16.5. The molecule has 1 aromatic rings. The van der Waals surface area contributed by atoms with Gasteiger partial charge in [-0.1, -0.05) is 12.1 Å². The Morgan fingerprint density at radius 2 is 2.32 bits per heavy atom. The van der Waals surface area contributed by atoms with Gasteiger partial charge in [-0.05, 0) is 17.2 Å². The number of benzene rings is 1. The third kappa shape index (κ3) is 2.33. The second-order valence-electron chi connectivity index (χ2n) is 5.20. The molecule has 98 valence electrons. The van der Waals surface area contributed by atoms with Gasteiger partial charge >= 0.3 is 0 Å². The van der Waals surface area contributed by atoms with Crippen molar-refractivity contribution in [1.29, 1.82) is 5.26 Å². The zero-order valence-electron chi connectivity index (χ0n) is 10.5. The molecule has 1 fully saturated rings. The molecule has 19 heavy (non-hydrogen) atoms. The van der Waals surface area contributed by atoms with Crippen LogP contribution in [-0.2, 0) is 22.5 Å². The van der Waals surface area contributed by atoms with Gasteiger partial charge in [0.1, 0.15) is 5.41 Å². The highest BCUT2D eigenvalue weighted by Crippen LogP contribution is 2.26. The smallest absolute Gasteiger partial charge is 0.228 e. The first-order valence-electron chi connectivity index (χ1n) is 6.32. The zero-order chi connectivity index (χ0) is 13.3. The summed E-state index contributed by atoms with van der Waals surface area (Å²) in [5, 5.41) is 15.2. The lowest BCUT2D eigenvalue weighted by Crippen LogP contribution is -2.48. The molecule has 0 radical (unpaired) electrons. The van der Waals surface area contributed by atoms with Gasteiger partial charge in [0.15, 0.2) is 0 Å². The second kappa shape index (κ2) is 4.65. The summed E-state index contributed by atoms with van der Waals surface area (Å²) in [6, 6.07) is 8.27. The van der Waals surface area contributed by atoms with Crippen molar-refractivity contribution in [3.05, 3.63) is 29.3 Å². The molecule has 5 heteroatoms. The minimum atomic E-state index is -0.353. The summed E-state index contributed by atoms with van der Waals surface area (Å²) >= 11 is 0. The molecule has 0 aromatic heterocycles. The summed E-state index contributed by atoms with van der Waals surface area (Å²) in [5.41, 5.74) is 2.73. The van der Waals surface area contributed by atoms with E-state index in [0.29, 0.717) is 32.7 Å². The maximum absolute atomic E-state index is 11.3. The third-order valence-electron chi connectivity index (χ3n) is 3.58. The van der Waals surface area contributed by atoms with Crippen LogP contribution in [0.4, 0.5) is 5.69 Å². The van der Waals surface area contributed by atoms with Gasteiger partial charge in [-0.15, -0.1) is 0 Å². The van der Waals surface area contributed by atoms with Crippen LogP contribution in [0.15, 0.2) is 18.2 Å². The Hall–Kier alpha value is -1.90. The number of nitrogens with zero attached hydrogens (tertiary/aromatic N) is 1. The lowest BCUT2D eigenvalue weighted by Gasteiger charge is -2.35. The van der Waals surface area contributed by atoms with E-state index in [0.717, 1.165) is 16.8 Å². The van der Waals surface area contributed by atoms with Crippen molar-refractivity contribution in [1.82, 2.24) is 5.32 Å². The van der Waals surface area contributed by atoms with E-state index in [9.17, 15) is 4.79 Å². The van der Waals surface area contributed by atoms with E-state index in [4.69, 9.17) is 10.00 Å². The molecular weight excluding hydrogens is 242 g/mol. The third-order valence-corrected chi connectivity index (χ3v) is 3.58. The Kier molecular flexibility index (Phi) is 2.97. The van der Waals surface area contributed by atoms with Crippen molar-refractivity contribution in [2.75, 3.05) is 25.1 Å². The lowest BCUT2D eigenvalue weighted by molar-refractivity contribution is -0.115. The monoisotopic (exact) mass is 257 g/mol. The molecule has 2 heterocycles. The van der Waals surface area contributed by atoms with Crippen LogP contribution in [0.5, 0.6) is 0 Å². The number of anilines is 1. The number of nitrogens with one attached hydrogen (secondary N) is 2. The second-order valence-corrected chi connectivity index (χ2v) is 5.20. The highest BCUT2D eigenvalue weighted by molar-refractivity contribution is 5.99. The van der Waals surface area contributed by atoms with Crippen molar-refractivity contribution in [3.63, 3.8) is 0 Å². The lowest BCUT2D eigenvalue weighted by atomic mass is 9.88. The standard InChI is InChI=1S/C14H15N3O2/c15-6-14(8-19-9-14)7-16-5-10-1-2-12-11(3-10)4-13(18)17-12/h1-3,16H,4-5,7-9H2,(H,17,18). The van der Waals surface area contributed by atoms with Crippen molar-refractivity contribution in [2.24, 2.45) is 5.41 Å². The number of fused-ring (bicyclic) bond motifs is 1. The molecule has 2 aliphatic rings. The van der Waals surface area contributed by atoms with Crippen molar-refractivity contribution in [2.45, 2.75) is 13.0 Å². The summed E-state index contributed by atoms with van der Waals surface area (Å²) in [7, 11) is 0. The van der Waals surface area contributed by atoms with Gasteiger partial charge < -0.3 is 15.4 Å². The predicted octanol–water partition coefficient (Wildman–Crippen LogP) is 0.811. The first-order valence-corrected chi connectivity index (χ1v) is 6.32. The molecule has 0 bridgehead atoms. The molecule has 0 spiro atoms. The molecule has 1 amide bonds. The molecule has 0 unspecified atom stereocenters. The van der Waals surface area contributed by atoms with Crippen LogP contribution in [-0.4, -0.2) is 25.7 Å². The maximum Gasteiger partial charge on any atom is 0.228 e. The van der Waals surface area contributed by atoms with Crippen LogP contribution in [0.3, 0.4) is 0 Å². The Labute approximate surface area is 111 Å². The van der Waals surface area contributed by atoms with Crippen molar-refractivity contribution >= 4 is 11.6 Å². The predicted molar refractivity (Wildman–Crippen MR) is 69.3 cm³/mol. The normalized spacial score (nSPS) is 19.2. The Morgan fingerprint density at radius 1 is 1.47 bits per heavy atom. The summed E-state index contributed by atoms with van der Waals surface area (Å²) in [4.78, 5) is 11.3. The Morgan fingerprint density at radius 3 is 3.00 bits per heavy atom. The van der Waals surface area contributed by atoms with E-state index in [2.05, 4.69) is 16.7 Å². The number of rotatable bonds is 4. The first kappa shape index (κ1) is 12.2. The quantitative estimate of drug-likeness (QED) is 0.837. The average molecular weight is 257 g/mol. The molecule has 1 saturated heterocycles. The number of ether oxygens (including phenoxy) is 1. The minimum Gasteiger partial charge on any atom is -0.378 e. The van der Waals surface area contributed by atoms with Crippen LogP contribution in [0, 0.1) is 16.7 Å². The summed E-state index contributed by atoms with van der Waals surface area (Å²) in [6.45, 7) is 2.36. The Bertz CT molecular complexity index is 558. The first-order chi connectivity index (χ1) is 9.21. The fraction of sp³-hybridized carbons (Fsp3) is 0.429. The fourth-order valence-corrected chi connectivity index (χ4v) is 2.39. The molecule has 2 N–H and O–H groups in total. The molecule has 2 aliphatic heterocycles. The molecule has 5 nitrogen and oxygen atoms in total. The molecule has 0 atom stereocenters. The number of hydrogen-bond acceptors (Lipinski definition) is 4. The summed E-state index contributed by atoms with van der Waals surface area (Å²) < 4.78 is 5.10. The minimum absolute atomic E-state index is 0.0511. The van der Waals surface area contributed by atoms with E-state index in [1.165, 1.54) is 0 Å². The van der Waals surface area contributed by atoms with Gasteiger partial charge in [0.05, 0.1) is 25.7 Å². The number of carbonyl (C=O) groups is 1. The fourth-order valence-electron chi connectivity index (χ4n) is 2.39. The van der Waals surface area contributed by atoms with Gasteiger partial charge in [-0.25, -0.2) is 0 Å². The van der Waals surface area contributed by atoms with Crippen molar-refractivity contribution < 1.29 is 9.53 Å². The van der Waals surface area contributed by atoms with Crippen molar-refractivity contribution in [3.8, 4) is 6.07 Å². The van der Waals surface area contributed by atoms with E-state index < -0.39 is 0 Å². The number of hydrogen-bond donors (Lipinski definition) is 2. The number of amides is 1. The largest absolute Gasteiger partial charge is 0.378 e. The Balaban J connectivity index is 1.58. The summed E-state index contributed by atoms with van der Waals surface area (Å²) in [6.07, 6.45) is 0.457. The highest BCUT2D eigenvalue weighted by Gasteiger charge is 2.38. The topological polar surface area (TPSA) is 74.2 Å². The average Bonchev–Trinajstić information content (AvgIpc) is 2.72. The van der Waals surface area contributed by atoms with E-state index in [1.54, 1.807) is 0 Å². The molecule has 0 aliphatic carbocycles. The van der Waals surface area contributed by atoms with Gasteiger partial charge in [0, 0.05) is 18.8 Å². The van der Waals surface area contributed by atoms with Gasteiger partial charge in [0.2, 0.25) is 5.91 Å². The zero-order valence-corrected chi connectivity index (χ0v) is 10.5. The van der Waals surface area contributed by atoms with Gasteiger partial charge in [0.25, 0.3) is 0 Å². The molecule has 0 saturated carbocycles. The van der Waals surface area contributed by atoms with Crippen LogP contribution in [0.1, 0.15) is 11.1 Å². The number of carbonyl (C=O) groups excluding carboxylic acids is 1. The molecule has 3 rings (SSSR count).